The van der Waals surface area contributed by atoms with E-state index >= 15 is 0 Å². The summed E-state index contributed by atoms with van der Waals surface area (Å²) in [6.45, 7) is 3.62. The zero-order chi connectivity index (χ0) is 16.4. The van der Waals surface area contributed by atoms with Crippen molar-refractivity contribution < 1.29 is 4.92 Å². The molecule has 0 saturated heterocycles. The monoisotopic (exact) mass is 329 g/mol. The predicted octanol–water partition coefficient (Wildman–Crippen LogP) is 2.30. The molecule has 0 radical (unpaired) electrons. The van der Waals surface area contributed by atoms with Gasteiger partial charge in [-0.05, 0) is 12.1 Å². The number of nitrogens with one attached hydrogen (secondary N) is 1. The van der Waals surface area contributed by atoms with Crippen LogP contribution in [0.1, 0.15) is 0 Å². The minimum atomic E-state index is -0.474. The fourth-order valence-corrected chi connectivity index (χ4v) is 2.60. The quantitative estimate of drug-likeness (QED) is 0.253. The Morgan fingerprint density at radius 3 is 2.78 bits per heavy atom. The van der Waals surface area contributed by atoms with Gasteiger partial charge in [0.2, 0.25) is 0 Å². The van der Waals surface area contributed by atoms with Crippen molar-refractivity contribution in [1.82, 2.24) is 19.7 Å². The second kappa shape index (κ2) is 6.05. The summed E-state index contributed by atoms with van der Waals surface area (Å²) in [5.41, 5.74) is 0.686. The van der Waals surface area contributed by atoms with Crippen molar-refractivity contribution in [3.8, 4) is 5.69 Å². The number of nitro benzene ring substituents is 1. The van der Waals surface area contributed by atoms with Crippen LogP contribution in [0.4, 0.5) is 5.69 Å². The second-order valence-corrected chi connectivity index (χ2v) is 5.55. The van der Waals surface area contributed by atoms with E-state index in [2.05, 4.69) is 21.6 Å². The number of rotatable bonds is 5. The molecule has 0 bridgehead atoms. The number of aromatic nitrogens is 4. The number of H-pyrrole nitrogens is 1. The molecule has 0 fully saturated rings. The molecule has 8 nitrogen and oxygen atoms in total. The molecule has 0 amide bonds. The Bertz CT molecular complexity index is 945. The Kier molecular flexibility index (Phi) is 3.94. The van der Waals surface area contributed by atoms with E-state index in [1.807, 2.05) is 0 Å². The van der Waals surface area contributed by atoms with Gasteiger partial charge < -0.3 is 4.98 Å². The number of non-ortho nitro benzene ring substituents is 1. The third-order valence-corrected chi connectivity index (χ3v) is 3.93. The molecule has 1 N–H and O–H groups in total. The highest BCUT2D eigenvalue weighted by molar-refractivity contribution is 7.99. The molecule has 0 aliphatic heterocycles. The zero-order valence-electron chi connectivity index (χ0n) is 11.8. The molecule has 2 aromatic heterocycles. The van der Waals surface area contributed by atoms with Crippen LogP contribution >= 0.6 is 11.8 Å². The maximum Gasteiger partial charge on any atom is 0.269 e. The van der Waals surface area contributed by atoms with Crippen LogP contribution in [0.5, 0.6) is 0 Å². The normalized spacial score (nSPS) is 10.8. The first-order valence-electron chi connectivity index (χ1n) is 6.56. The largest absolute Gasteiger partial charge is 0.301 e. The first-order chi connectivity index (χ1) is 11.1. The van der Waals surface area contributed by atoms with E-state index in [0.717, 1.165) is 0 Å². The van der Waals surface area contributed by atoms with Crippen LogP contribution in [-0.2, 0) is 0 Å². The van der Waals surface area contributed by atoms with Crippen molar-refractivity contribution in [2.24, 2.45) is 0 Å². The van der Waals surface area contributed by atoms with Gasteiger partial charge in [-0.3, -0.25) is 14.9 Å². The number of nitro groups is 1. The first kappa shape index (κ1) is 15.0. The standard InChI is InChI=1S/C14H11N5O3S/c1-2-7-23-14-16-12-11(13(20)17-14)8-15-18(12)9-3-5-10(6-4-9)19(21)22/h2-6,8H,1,7H2,(H,16,17,20). The summed E-state index contributed by atoms with van der Waals surface area (Å²) in [5.74, 6) is 0.611. The molecular weight excluding hydrogens is 318 g/mol. The molecule has 0 aliphatic rings. The van der Waals surface area contributed by atoms with E-state index in [-0.39, 0.29) is 11.2 Å². The lowest BCUT2D eigenvalue weighted by Crippen LogP contribution is -2.09. The molecular formula is C14H11N5O3S. The molecule has 116 valence electrons. The maximum absolute atomic E-state index is 12.1. The number of nitrogens with zero attached hydrogens (tertiary/aromatic N) is 4. The molecule has 23 heavy (non-hydrogen) atoms. The Labute approximate surface area is 134 Å². The zero-order valence-corrected chi connectivity index (χ0v) is 12.6. The third kappa shape index (κ3) is 2.86. The lowest BCUT2D eigenvalue weighted by atomic mass is 10.3. The van der Waals surface area contributed by atoms with Crippen molar-refractivity contribution in [2.45, 2.75) is 5.16 Å². The molecule has 0 unspecified atom stereocenters. The lowest BCUT2D eigenvalue weighted by molar-refractivity contribution is -0.384. The van der Waals surface area contributed by atoms with Gasteiger partial charge >= 0.3 is 0 Å². The predicted molar refractivity (Wildman–Crippen MR) is 87.1 cm³/mol. The lowest BCUT2D eigenvalue weighted by Gasteiger charge is -2.03. The number of thioether (sulfide) groups is 1. The molecule has 0 aliphatic carbocycles. The minimum Gasteiger partial charge on any atom is -0.301 e. The minimum absolute atomic E-state index is 0.0155. The summed E-state index contributed by atoms with van der Waals surface area (Å²) in [5, 5.41) is 15.7. The van der Waals surface area contributed by atoms with Crippen LogP contribution in [0.3, 0.4) is 0 Å². The summed E-state index contributed by atoms with van der Waals surface area (Å²) < 4.78 is 1.48. The van der Waals surface area contributed by atoms with Crippen molar-refractivity contribution >= 4 is 28.5 Å². The van der Waals surface area contributed by atoms with E-state index in [0.29, 0.717) is 27.6 Å². The fraction of sp³-hybridized carbons (Fsp3) is 0.0714. The van der Waals surface area contributed by atoms with Crippen LogP contribution < -0.4 is 5.56 Å². The van der Waals surface area contributed by atoms with Crippen LogP contribution in [0.15, 0.2) is 53.1 Å². The average Bonchev–Trinajstić information content (AvgIpc) is 2.97. The van der Waals surface area contributed by atoms with Gasteiger partial charge in [0.25, 0.3) is 11.2 Å². The molecule has 3 rings (SSSR count). The SMILES string of the molecule is C=CCSc1nc2c(cnn2-c2ccc([N+](=O)[O-])cc2)c(=O)[nH]1. The number of aromatic amines is 1. The Hall–Kier alpha value is -2.94. The van der Waals surface area contributed by atoms with Gasteiger partial charge in [0.1, 0.15) is 5.39 Å². The number of hydrogen-bond acceptors (Lipinski definition) is 6. The fourth-order valence-electron chi connectivity index (χ4n) is 2.01. The van der Waals surface area contributed by atoms with Crippen molar-refractivity contribution in [3.05, 3.63) is 63.6 Å². The maximum atomic E-state index is 12.1. The van der Waals surface area contributed by atoms with E-state index in [4.69, 9.17) is 0 Å². The van der Waals surface area contributed by atoms with Gasteiger partial charge in [-0.1, -0.05) is 17.8 Å². The highest BCUT2D eigenvalue weighted by atomic mass is 32.2. The van der Waals surface area contributed by atoms with Gasteiger partial charge in [-0.15, -0.1) is 6.58 Å². The number of benzene rings is 1. The molecule has 2 heterocycles. The molecule has 0 saturated carbocycles. The Morgan fingerprint density at radius 1 is 1.39 bits per heavy atom. The highest BCUT2D eigenvalue weighted by Crippen LogP contribution is 2.19. The van der Waals surface area contributed by atoms with E-state index < -0.39 is 4.92 Å². The summed E-state index contributed by atoms with van der Waals surface area (Å²) in [7, 11) is 0. The number of fused-ring (bicyclic) bond motifs is 1. The van der Waals surface area contributed by atoms with Crippen LogP contribution in [0, 0.1) is 10.1 Å². The van der Waals surface area contributed by atoms with Crippen LogP contribution in [0.2, 0.25) is 0 Å². The van der Waals surface area contributed by atoms with Gasteiger partial charge in [-0.25, -0.2) is 9.67 Å². The Balaban J connectivity index is 2.10. The van der Waals surface area contributed by atoms with Crippen LogP contribution in [0.25, 0.3) is 16.7 Å². The van der Waals surface area contributed by atoms with Gasteiger partial charge in [-0.2, -0.15) is 5.10 Å². The van der Waals surface area contributed by atoms with E-state index in [1.165, 1.54) is 34.8 Å². The summed E-state index contributed by atoms with van der Waals surface area (Å²) >= 11 is 1.35. The van der Waals surface area contributed by atoms with Crippen molar-refractivity contribution in [2.75, 3.05) is 5.75 Å². The molecule has 0 atom stereocenters. The topological polar surface area (TPSA) is 107 Å². The summed E-state index contributed by atoms with van der Waals surface area (Å²) in [6, 6.07) is 5.88. The molecule has 9 heteroatoms. The third-order valence-electron chi connectivity index (χ3n) is 3.06. The number of hydrogen-bond donors (Lipinski definition) is 1. The molecule has 0 spiro atoms. The van der Waals surface area contributed by atoms with Crippen molar-refractivity contribution in [1.29, 1.82) is 0 Å². The van der Waals surface area contributed by atoms with E-state index in [9.17, 15) is 14.9 Å². The second-order valence-electron chi connectivity index (χ2n) is 4.54. The summed E-state index contributed by atoms with van der Waals surface area (Å²) in [6.07, 6.45) is 3.13. The van der Waals surface area contributed by atoms with Gasteiger partial charge in [0.05, 0.1) is 16.8 Å². The van der Waals surface area contributed by atoms with Gasteiger partial charge in [0.15, 0.2) is 10.8 Å². The average molecular weight is 329 g/mol. The van der Waals surface area contributed by atoms with Gasteiger partial charge in [0, 0.05) is 17.9 Å². The Morgan fingerprint density at radius 2 is 2.13 bits per heavy atom. The molecule has 1 aromatic carbocycles. The van der Waals surface area contributed by atoms with Crippen molar-refractivity contribution in [3.63, 3.8) is 0 Å². The smallest absolute Gasteiger partial charge is 0.269 e. The first-order valence-corrected chi connectivity index (χ1v) is 7.55. The van der Waals surface area contributed by atoms with Crippen LogP contribution in [-0.4, -0.2) is 30.4 Å². The highest BCUT2D eigenvalue weighted by Gasteiger charge is 2.13. The summed E-state index contributed by atoms with van der Waals surface area (Å²) in [4.78, 5) is 29.4. The molecule has 3 aromatic rings. The van der Waals surface area contributed by atoms with E-state index in [1.54, 1.807) is 18.2 Å².